The summed E-state index contributed by atoms with van der Waals surface area (Å²) in [4.78, 5) is 13.7. The number of nitrogens with zero attached hydrogens (tertiary/aromatic N) is 2. The van der Waals surface area contributed by atoms with Crippen LogP contribution >= 0.6 is 0 Å². The van der Waals surface area contributed by atoms with Gasteiger partial charge in [-0.2, -0.15) is 0 Å². The van der Waals surface area contributed by atoms with E-state index in [1.54, 1.807) is 0 Å². The highest BCUT2D eigenvalue weighted by Gasteiger charge is 2.28. The lowest BCUT2D eigenvalue weighted by Crippen LogP contribution is -2.48. The molecule has 1 saturated heterocycles. The highest BCUT2D eigenvalue weighted by atomic mass is 16.4. The second kappa shape index (κ2) is 5.00. The molecule has 1 fully saturated rings. The molecule has 0 aromatic carbocycles. The molecule has 5 heteroatoms. The molecule has 0 aromatic rings. The van der Waals surface area contributed by atoms with Crippen LogP contribution in [0.1, 0.15) is 39.5 Å². The number of hydrogen-bond donors (Lipinski definition) is 2. The van der Waals surface area contributed by atoms with Crippen LogP contribution in [0.25, 0.3) is 0 Å². The lowest BCUT2D eigenvalue weighted by Gasteiger charge is -2.39. The first-order valence-corrected chi connectivity index (χ1v) is 5.33. The average Bonchev–Trinajstić information content (AvgIpc) is 2.17. The van der Waals surface area contributed by atoms with Crippen molar-refractivity contribution in [2.45, 2.75) is 51.6 Å². The van der Waals surface area contributed by atoms with E-state index in [1.165, 1.54) is 0 Å². The zero-order valence-corrected chi connectivity index (χ0v) is 9.31. The number of carbonyl (C=O) groups is 1. The first-order chi connectivity index (χ1) is 7.06. The van der Waals surface area contributed by atoms with Gasteiger partial charge in [-0.25, -0.2) is 0 Å². The lowest BCUT2D eigenvalue weighted by molar-refractivity contribution is -0.135. The quantitative estimate of drug-likeness (QED) is 0.310. The predicted molar refractivity (Wildman–Crippen MR) is 57.6 cm³/mol. The largest absolute Gasteiger partial charge is 0.409 e. The number of piperidine rings is 1. The third kappa shape index (κ3) is 2.84. The van der Waals surface area contributed by atoms with Crippen molar-refractivity contribution in [2.24, 2.45) is 10.9 Å². The van der Waals surface area contributed by atoms with Crippen molar-refractivity contribution in [1.82, 2.24) is 4.90 Å². The summed E-state index contributed by atoms with van der Waals surface area (Å²) in [6, 6.07) is 0.514. The summed E-state index contributed by atoms with van der Waals surface area (Å²) in [5.41, 5.74) is 5.32. The van der Waals surface area contributed by atoms with Crippen molar-refractivity contribution in [2.75, 3.05) is 0 Å². The van der Waals surface area contributed by atoms with E-state index in [0.717, 1.165) is 19.3 Å². The normalized spacial score (nSPS) is 27.9. The Morgan fingerprint density at radius 2 is 2.00 bits per heavy atom. The Kier molecular flexibility index (Phi) is 3.94. The summed E-state index contributed by atoms with van der Waals surface area (Å²) in [5, 5.41) is 11.2. The topological polar surface area (TPSA) is 78.9 Å². The van der Waals surface area contributed by atoms with E-state index < -0.39 is 0 Å². The summed E-state index contributed by atoms with van der Waals surface area (Å²) in [6.07, 6.45) is 3.24. The van der Waals surface area contributed by atoms with Gasteiger partial charge in [0.05, 0.1) is 6.42 Å². The SMILES string of the molecule is CC1CCCC(C)N1C(=O)C/C(N)=N/O. The van der Waals surface area contributed by atoms with Crippen molar-refractivity contribution in [3.63, 3.8) is 0 Å². The summed E-state index contributed by atoms with van der Waals surface area (Å²) >= 11 is 0. The van der Waals surface area contributed by atoms with Crippen LogP contribution in [0.15, 0.2) is 5.16 Å². The Morgan fingerprint density at radius 3 is 2.47 bits per heavy atom. The third-order valence-corrected chi connectivity index (χ3v) is 2.94. The fraction of sp³-hybridized carbons (Fsp3) is 0.800. The molecule has 15 heavy (non-hydrogen) atoms. The van der Waals surface area contributed by atoms with Crippen LogP contribution in [0, 0.1) is 0 Å². The van der Waals surface area contributed by atoms with Gasteiger partial charge in [0.2, 0.25) is 5.91 Å². The molecule has 2 atom stereocenters. The maximum absolute atomic E-state index is 11.8. The minimum atomic E-state index is -0.0509. The van der Waals surface area contributed by atoms with Gasteiger partial charge in [-0.15, -0.1) is 0 Å². The molecular weight excluding hydrogens is 194 g/mol. The molecule has 2 unspecified atom stereocenters. The van der Waals surface area contributed by atoms with Crippen LogP contribution in [-0.2, 0) is 4.79 Å². The van der Waals surface area contributed by atoms with Crippen LogP contribution in [0.3, 0.4) is 0 Å². The number of carbonyl (C=O) groups excluding carboxylic acids is 1. The molecule has 1 aliphatic rings. The van der Waals surface area contributed by atoms with Crippen LogP contribution < -0.4 is 5.73 Å². The highest BCUT2D eigenvalue weighted by molar-refractivity contribution is 5.98. The van der Waals surface area contributed by atoms with Crippen LogP contribution in [0.4, 0.5) is 0 Å². The van der Waals surface area contributed by atoms with Gasteiger partial charge in [-0.05, 0) is 33.1 Å². The maximum Gasteiger partial charge on any atom is 0.230 e. The number of amidine groups is 1. The van der Waals surface area contributed by atoms with E-state index in [-0.39, 0.29) is 30.2 Å². The molecule has 0 bridgehead atoms. The molecule has 1 heterocycles. The fourth-order valence-electron chi connectivity index (χ4n) is 2.19. The van der Waals surface area contributed by atoms with Crippen molar-refractivity contribution in [3.8, 4) is 0 Å². The van der Waals surface area contributed by atoms with Gasteiger partial charge in [0.15, 0.2) is 0 Å². The number of nitrogens with two attached hydrogens (primary N) is 1. The van der Waals surface area contributed by atoms with Crippen molar-refractivity contribution in [1.29, 1.82) is 0 Å². The van der Waals surface area contributed by atoms with Gasteiger partial charge in [-0.3, -0.25) is 4.79 Å². The highest BCUT2D eigenvalue weighted by Crippen LogP contribution is 2.22. The molecule has 0 saturated carbocycles. The van der Waals surface area contributed by atoms with Gasteiger partial charge in [0.25, 0.3) is 0 Å². The summed E-state index contributed by atoms with van der Waals surface area (Å²) in [6.45, 7) is 4.08. The number of hydrogen-bond acceptors (Lipinski definition) is 3. The van der Waals surface area contributed by atoms with Crippen molar-refractivity contribution < 1.29 is 10.0 Å². The molecule has 86 valence electrons. The predicted octanol–water partition coefficient (Wildman–Crippen LogP) is 0.912. The molecule has 0 aromatic heterocycles. The first-order valence-electron chi connectivity index (χ1n) is 5.33. The number of amides is 1. The van der Waals surface area contributed by atoms with E-state index in [0.29, 0.717) is 0 Å². The van der Waals surface area contributed by atoms with Gasteiger partial charge in [-0.1, -0.05) is 5.16 Å². The molecule has 1 rings (SSSR count). The molecule has 5 nitrogen and oxygen atoms in total. The summed E-state index contributed by atoms with van der Waals surface area (Å²) in [7, 11) is 0. The van der Waals surface area contributed by atoms with E-state index >= 15 is 0 Å². The summed E-state index contributed by atoms with van der Waals surface area (Å²) in [5.74, 6) is -0.0741. The zero-order valence-electron chi connectivity index (χ0n) is 9.31. The van der Waals surface area contributed by atoms with Gasteiger partial charge in [0.1, 0.15) is 5.84 Å². The Hall–Kier alpha value is -1.26. The molecular formula is C10H19N3O2. The second-order valence-corrected chi connectivity index (χ2v) is 4.20. The minimum Gasteiger partial charge on any atom is -0.409 e. The molecule has 1 aliphatic heterocycles. The molecule has 1 amide bonds. The molecule has 3 N–H and O–H groups in total. The van der Waals surface area contributed by atoms with Crippen LogP contribution in [0.2, 0.25) is 0 Å². The second-order valence-electron chi connectivity index (χ2n) is 4.20. The Bertz CT molecular complexity index is 255. The summed E-state index contributed by atoms with van der Waals surface area (Å²) < 4.78 is 0. The minimum absolute atomic E-state index is 0.00514. The molecule has 0 spiro atoms. The van der Waals surface area contributed by atoms with Gasteiger partial charge >= 0.3 is 0 Å². The van der Waals surface area contributed by atoms with Crippen molar-refractivity contribution >= 4 is 11.7 Å². The lowest BCUT2D eigenvalue weighted by atomic mass is 9.97. The standard InChI is InChI=1S/C10H19N3O2/c1-7-4-3-5-8(2)13(7)10(14)6-9(11)12-15/h7-8,15H,3-6H2,1-2H3,(H2,11,12). The third-order valence-electron chi connectivity index (χ3n) is 2.94. The Morgan fingerprint density at radius 1 is 1.47 bits per heavy atom. The fourth-order valence-corrected chi connectivity index (χ4v) is 2.19. The van der Waals surface area contributed by atoms with Gasteiger partial charge in [0, 0.05) is 12.1 Å². The van der Waals surface area contributed by atoms with E-state index in [4.69, 9.17) is 10.9 Å². The number of oxime groups is 1. The molecule has 0 aliphatic carbocycles. The monoisotopic (exact) mass is 213 g/mol. The average molecular weight is 213 g/mol. The first kappa shape index (κ1) is 11.8. The van der Waals surface area contributed by atoms with E-state index in [1.807, 2.05) is 18.7 Å². The number of likely N-dealkylation sites (tertiary alicyclic amines) is 1. The van der Waals surface area contributed by atoms with Crippen LogP contribution in [-0.4, -0.2) is 33.9 Å². The zero-order chi connectivity index (χ0) is 11.4. The number of rotatable bonds is 2. The smallest absolute Gasteiger partial charge is 0.230 e. The Balaban J connectivity index is 2.63. The Labute approximate surface area is 89.9 Å². The van der Waals surface area contributed by atoms with Crippen molar-refractivity contribution in [3.05, 3.63) is 0 Å². The molecule has 0 radical (unpaired) electrons. The van der Waals surface area contributed by atoms with Gasteiger partial charge < -0.3 is 15.8 Å². The van der Waals surface area contributed by atoms with E-state index in [9.17, 15) is 4.79 Å². The van der Waals surface area contributed by atoms with Crippen LogP contribution in [0.5, 0.6) is 0 Å². The maximum atomic E-state index is 11.8. The van der Waals surface area contributed by atoms with E-state index in [2.05, 4.69) is 5.16 Å².